The maximum Gasteiger partial charge on any atom is 0.329 e. The Morgan fingerprint density at radius 3 is 2.48 bits per heavy atom. The van der Waals surface area contributed by atoms with Crippen molar-refractivity contribution in [3.63, 3.8) is 0 Å². The van der Waals surface area contributed by atoms with E-state index in [1.807, 2.05) is 0 Å². The van der Waals surface area contributed by atoms with Gasteiger partial charge in [0, 0.05) is 10.7 Å². The van der Waals surface area contributed by atoms with Gasteiger partial charge in [-0.15, -0.1) is 0 Å². The van der Waals surface area contributed by atoms with Gasteiger partial charge in [-0.25, -0.2) is 5.43 Å². The molecule has 1 fully saturated rings. The van der Waals surface area contributed by atoms with Gasteiger partial charge in [0.1, 0.15) is 5.75 Å². The number of hydrazone groups is 1. The van der Waals surface area contributed by atoms with E-state index in [2.05, 4.69) is 15.8 Å². The zero-order valence-corrected chi connectivity index (χ0v) is 13.8. The number of amides is 2. The van der Waals surface area contributed by atoms with Gasteiger partial charge in [-0.2, -0.15) is 5.10 Å². The number of methoxy groups -OCH3 is 1. The van der Waals surface area contributed by atoms with E-state index >= 15 is 0 Å². The highest BCUT2D eigenvalue weighted by molar-refractivity contribution is 6.40. The lowest BCUT2D eigenvalue weighted by Crippen LogP contribution is -2.33. The third-order valence-corrected chi connectivity index (χ3v) is 3.85. The minimum Gasteiger partial charge on any atom is -0.495 e. The Morgan fingerprint density at radius 1 is 1.13 bits per heavy atom. The third kappa shape index (κ3) is 5.25. The van der Waals surface area contributed by atoms with Crippen LogP contribution < -0.4 is 15.5 Å². The summed E-state index contributed by atoms with van der Waals surface area (Å²) in [7, 11) is 1.47. The molecule has 2 N–H and O–H groups in total. The molecule has 1 aromatic rings. The standard InChI is InChI=1S/C16H20ClN3O3/c1-23-14-9-8-11(17)10-13(14)18-15(21)16(22)20-19-12-6-4-2-3-5-7-12/h8-10H,2-7H2,1H3,(H,18,21)(H,20,22). The molecule has 0 radical (unpaired) electrons. The summed E-state index contributed by atoms with van der Waals surface area (Å²) in [5.41, 5.74) is 3.59. The van der Waals surface area contributed by atoms with Crippen LogP contribution in [0.1, 0.15) is 38.5 Å². The van der Waals surface area contributed by atoms with Gasteiger partial charge < -0.3 is 10.1 Å². The number of nitrogens with one attached hydrogen (secondary N) is 2. The lowest BCUT2D eigenvalue weighted by molar-refractivity contribution is -0.136. The number of anilines is 1. The Bertz CT molecular complexity index is 607. The molecule has 0 atom stereocenters. The summed E-state index contributed by atoms with van der Waals surface area (Å²) in [4.78, 5) is 23.8. The smallest absolute Gasteiger partial charge is 0.329 e. The van der Waals surface area contributed by atoms with Crippen molar-refractivity contribution in [3.05, 3.63) is 23.2 Å². The van der Waals surface area contributed by atoms with Crippen molar-refractivity contribution in [2.24, 2.45) is 5.10 Å². The molecule has 23 heavy (non-hydrogen) atoms. The van der Waals surface area contributed by atoms with Crippen LogP contribution in [0.3, 0.4) is 0 Å². The van der Waals surface area contributed by atoms with Crippen LogP contribution in [0.5, 0.6) is 5.75 Å². The van der Waals surface area contributed by atoms with Crippen molar-refractivity contribution in [2.75, 3.05) is 12.4 Å². The fourth-order valence-electron chi connectivity index (χ4n) is 2.39. The molecule has 2 amide bonds. The van der Waals surface area contributed by atoms with Crippen LogP contribution in [0, 0.1) is 0 Å². The van der Waals surface area contributed by atoms with E-state index in [1.165, 1.54) is 26.0 Å². The first-order valence-electron chi connectivity index (χ1n) is 7.60. The van der Waals surface area contributed by atoms with Crippen LogP contribution in [0.4, 0.5) is 5.69 Å². The monoisotopic (exact) mass is 337 g/mol. The summed E-state index contributed by atoms with van der Waals surface area (Å²) in [6.07, 6.45) is 6.24. The molecular formula is C16H20ClN3O3. The molecule has 0 aromatic heterocycles. The van der Waals surface area contributed by atoms with Crippen molar-refractivity contribution in [1.82, 2.24) is 5.43 Å². The SMILES string of the molecule is COc1ccc(Cl)cc1NC(=O)C(=O)NN=C1CCCCCC1. The van der Waals surface area contributed by atoms with Crippen LogP contribution in [-0.4, -0.2) is 24.6 Å². The normalized spacial score (nSPS) is 14.6. The molecule has 1 aliphatic carbocycles. The highest BCUT2D eigenvalue weighted by atomic mass is 35.5. The summed E-state index contributed by atoms with van der Waals surface area (Å²) in [5.74, 6) is -1.21. The molecule has 0 aliphatic heterocycles. The molecule has 1 aromatic carbocycles. The van der Waals surface area contributed by atoms with Crippen LogP contribution in [0.2, 0.25) is 5.02 Å². The van der Waals surface area contributed by atoms with Gasteiger partial charge in [0.05, 0.1) is 12.8 Å². The topological polar surface area (TPSA) is 79.8 Å². The molecule has 0 spiro atoms. The average Bonchev–Trinajstić information content (AvgIpc) is 2.81. The molecule has 7 heteroatoms. The largest absolute Gasteiger partial charge is 0.495 e. The Hall–Kier alpha value is -2.08. The predicted molar refractivity (Wildman–Crippen MR) is 89.9 cm³/mol. The van der Waals surface area contributed by atoms with Crippen molar-refractivity contribution in [1.29, 1.82) is 0 Å². The molecule has 2 rings (SSSR count). The van der Waals surface area contributed by atoms with Crippen molar-refractivity contribution in [2.45, 2.75) is 38.5 Å². The first-order valence-corrected chi connectivity index (χ1v) is 7.98. The summed E-state index contributed by atoms with van der Waals surface area (Å²) >= 11 is 5.89. The lowest BCUT2D eigenvalue weighted by atomic mass is 10.2. The number of rotatable bonds is 3. The van der Waals surface area contributed by atoms with Gasteiger partial charge in [0.25, 0.3) is 0 Å². The zero-order chi connectivity index (χ0) is 16.7. The zero-order valence-electron chi connectivity index (χ0n) is 13.0. The molecule has 1 aliphatic rings. The fourth-order valence-corrected chi connectivity index (χ4v) is 2.56. The molecule has 0 heterocycles. The summed E-state index contributed by atoms with van der Waals surface area (Å²) < 4.78 is 5.12. The first kappa shape index (κ1) is 17.3. The van der Waals surface area contributed by atoms with E-state index in [-0.39, 0.29) is 0 Å². The summed E-state index contributed by atoms with van der Waals surface area (Å²) in [6, 6.07) is 4.76. The van der Waals surface area contributed by atoms with E-state index in [9.17, 15) is 9.59 Å². The Kier molecular flexibility index (Phi) is 6.40. The van der Waals surface area contributed by atoms with Crippen molar-refractivity contribution in [3.8, 4) is 5.75 Å². The minimum atomic E-state index is -0.816. The lowest BCUT2D eigenvalue weighted by Gasteiger charge is -2.10. The number of carbonyl (C=O) groups excluding carboxylic acids is 2. The quantitative estimate of drug-likeness (QED) is 0.505. The second-order valence-corrected chi connectivity index (χ2v) is 5.77. The summed E-state index contributed by atoms with van der Waals surface area (Å²) in [6.45, 7) is 0. The molecule has 1 saturated carbocycles. The average molecular weight is 338 g/mol. The molecular weight excluding hydrogens is 318 g/mol. The predicted octanol–water partition coefficient (Wildman–Crippen LogP) is 3.11. The van der Waals surface area contributed by atoms with Crippen LogP contribution in [0.25, 0.3) is 0 Å². The number of benzene rings is 1. The number of ether oxygens (including phenoxy) is 1. The Labute approximate surface area is 140 Å². The molecule has 0 bridgehead atoms. The number of hydrogen-bond acceptors (Lipinski definition) is 4. The molecule has 0 unspecified atom stereocenters. The van der Waals surface area contributed by atoms with Crippen molar-refractivity contribution >= 4 is 34.8 Å². The Balaban J connectivity index is 1.96. The second-order valence-electron chi connectivity index (χ2n) is 5.33. The highest BCUT2D eigenvalue weighted by Crippen LogP contribution is 2.27. The molecule has 124 valence electrons. The Morgan fingerprint density at radius 2 is 1.83 bits per heavy atom. The number of carbonyl (C=O) groups is 2. The molecule has 0 saturated heterocycles. The van der Waals surface area contributed by atoms with E-state index < -0.39 is 11.8 Å². The fraction of sp³-hybridized carbons (Fsp3) is 0.438. The van der Waals surface area contributed by atoms with E-state index in [0.717, 1.165) is 31.4 Å². The van der Waals surface area contributed by atoms with E-state index in [4.69, 9.17) is 16.3 Å². The minimum absolute atomic E-state index is 0.335. The highest BCUT2D eigenvalue weighted by Gasteiger charge is 2.16. The first-order chi connectivity index (χ1) is 11.1. The van der Waals surface area contributed by atoms with Crippen molar-refractivity contribution < 1.29 is 14.3 Å². The van der Waals surface area contributed by atoms with Gasteiger partial charge in [-0.1, -0.05) is 24.4 Å². The van der Waals surface area contributed by atoms with Gasteiger partial charge in [0.2, 0.25) is 0 Å². The van der Waals surface area contributed by atoms with Gasteiger partial charge in [-0.05, 0) is 43.9 Å². The van der Waals surface area contributed by atoms with E-state index in [1.54, 1.807) is 12.1 Å². The van der Waals surface area contributed by atoms with Crippen LogP contribution in [0.15, 0.2) is 23.3 Å². The maximum absolute atomic E-state index is 11.9. The van der Waals surface area contributed by atoms with Crippen LogP contribution >= 0.6 is 11.6 Å². The third-order valence-electron chi connectivity index (χ3n) is 3.61. The van der Waals surface area contributed by atoms with Gasteiger partial charge >= 0.3 is 11.8 Å². The van der Waals surface area contributed by atoms with Gasteiger partial charge in [0.15, 0.2) is 0 Å². The van der Waals surface area contributed by atoms with Gasteiger partial charge in [-0.3, -0.25) is 9.59 Å². The maximum atomic E-state index is 11.9. The van der Waals surface area contributed by atoms with E-state index in [0.29, 0.717) is 16.5 Å². The number of nitrogens with zero attached hydrogens (tertiary/aromatic N) is 1. The molecule has 6 nitrogen and oxygen atoms in total. The second kappa shape index (κ2) is 8.53. The summed E-state index contributed by atoms with van der Waals surface area (Å²) in [5, 5.41) is 6.97. The number of halogens is 1. The number of hydrogen-bond donors (Lipinski definition) is 2. The van der Waals surface area contributed by atoms with Crippen LogP contribution in [-0.2, 0) is 9.59 Å².